The zero-order chi connectivity index (χ0) is 12.8. The molecule has 0 atom stereocenters. The fourth-order valence-corrected chi connectivity index (χ4v) is 1.76. The van der Waals surface area contributed by atoms with Crippen molar-refractivity contribution in [3.05, 3.63) is 48.3 Å². The summed E-state index contributed by atoms with van der Waals surface area (Å²) in [4.78, 5) is 8.36. The minimum absolute atomic E-state index is 0.0000474. The summed E-state index contributed by atoms with van der Waals surface area (Å²) in [7, 11) is 0. The van der Waals surface area contributed by atoms with Gasteiger partial charge in [-0.3, -0.25) is 0 Å². The smallest absolute Gasteiger partial charge is 0.159 e. The highest BCUT2D eigenvalue weighted by atomic mass is 16.3. The van der Waals surface area contributed by atoms with Crippen LogP contribution in [0.15, 0.2) is 42.7 Å². The Labute approximate surface area is 106 Å². The average molecular weight is 244 g/mol. The van der Waals surface area contributed by atoms with Crippen molar-refractivity contribution < 1.29 is 10.2 Å². The highest BCUT2D eigenvalue weighted by Crippen LogP contribution is 2.16. The number of aromatic nitrogens is 2. The van der Waals surface area contributed by atoms with Crippen LogP contribution in [0.1, 0.15) is 5.56 Å². The highest BCUT2D eigenvalue weighted by molar-refractivity contribution is 5.54. The van der Waals surface area contributed by atoms with Gasteiger partial charge in [0.1, 0.15) is 0 Å². The molecule has 0 saturated heterocycles. The van der Waals surface area contributed by atoms with Gasteiger partial charge >= 0.3 is 0 Å². The Kier molecular flexibility index (Phi) is 4.39. The lowest BCUT2D eigenvalue weighted by molar-refractivity contribution is 0.150. The van der Waals surface area contributed by atoms with Gasteiger partial charge in [0.2, 0.25) is 0 Å². The third kappa shape index (κ3) is 3.12. The van der Waals surface area contributed by atoms with E-state index in [4.69, 9.17) is 10.2 Å². The summed E-state index contributed by atoms with van der Waals surface area (Å²) in [6.45, 7) is 0.0000949. The zero-order valence-electron chi connectivity index (χ0n) is 10.0. The second-order valence-electron chi connectivity index (χ2n) is 4.20. The molecule has 0 unspecified atom stereocenters. The summed E-state index contributed by atoms with van der Waals surface area (Å²) in [5.41, 5.74) is 2.05. The van der Waals surface area contributed by atoms with Gasteiger partial charge in [-0.25, -0.2) is 9.97 Å². The molecule has 4 nitrogen and oxygen atoms in total. The maximum Gasteiger partial charge on any atom is 0.159 e. The largest absolute Gasteiger partial charge is 0.396 e. The van der Waals surface area contributed by atoms with E-state index in [9.17, 15) is 0 Å². The van der Waals surface area contributed by atoms with Gasteiger partial charge in [0.25, 0.3) is 0 Å². The van der Waals surface area contributed by atoms with E-state index in [0.29, 0.717) is 12.2 Å². The van der Waals surface area contributed by atoms with E-state index < -0.39 is 0 Å². The van der Waals surface area contributed by atoms with Crippen molar-refractivity contribution in [3.8, 4) is 11.4 Å². The molecule has 4 heteroatoms. The molecular weight excluding hydrogens is 228 g/mol. The topological polar surface area (TPSA) is 66.2 Å². The third-order valence-corrected chi connectivity index (χ3v) is 2.82. The number of benzene rings is 1. The van der Waals surface area contributed by atoms with Crippen LogP contribution in [0.2, 0.25) is 0 Å². The summed E-state index contributed by atoms with van der Waals surface area (Å²) in [6, 6.07) is 9.64. The van der Waals surface area contributed by atoms with Gasteiger partial charge in [-0.1, -0.05) is 24.3 Å². The van der Waals surface area contributed by atoms with Gasteiger partial charge in [0.05, 0.1) is 0 Å². The summed E-state index contributed by atoms with van der Waals surface area (Å²) in [6.07, 6.45) is 4.09. The van der Waals surface area contributed by atoms with Crippen LogP contribution >= 0.6 is 0 Å². The Hall–Kier alpha value is -1.78. The summed E-state index contributed by atoms with van der Waals surface area (Å²) < 4.78 is 0. The van der Waals surface area contributed by atoms with E-state index in [1.165, 1.54) is 0 Å². The number of nitrogens with zero attached hydrogens (tertiary/aromatic N) is 2. The van der Waals surface area contributed by atoms with Crippen molar-refractivity contribution in [3.63, 3.8) is 0 Å². The molecular formula is C14H16N2O2. The van der Waals surface area contributed by atoms with Crippen LogP contribution in [0.4, 0.5) is 0 Å². The molecule has 0 aliphatic heterocycles. The van der Waals surface area contributed by atoms with E-state index in [1.807, 2.05) is 24.3 Å². The lowest BCUT2D eigenvalue weighted by Gasteiger charge is -2.10. The first-order valence-electron chi connectivity index (χ1n) is 5.91. The molecule has 94 valence electrons. The van der Waals surface area contributed by atoms with E-state index >= 15 is 0 Å². The van der Waals surface area contributed by atoms with Gasteiger partial charge < -0.3 is 10.2 Å². The number of aliphatic hydroxyl groups is 2. The lowest BCUT2D eigenvalue weighted by Crippen LogP contribution is -2.13. The minimum atomic E-state index is -0.0937. The van der Waals surface area contributed by atoms with Crippen LogP contribution < -0.4 is 0 Å². The first kappa shape index (κ1) is 12.7. The quantitative estimate of drug-likeness (QED) is 0.831. The van der Waals surface area contributed by atoms with Gasteiger partial charge in [-0.2, -0.15) is 0 Å². The second-order valence-corrected chi connectivity index (χ2v) is 4.20. The minimum Gasteiger partial charge on any atom is -0.396 e. The standard InChI is InChI=1S/C14H16N2O2/c17-9-12(10-18)8-11-2-4-13(5-3-11)14-15-6-1-7-16-14/h1-7,12,17-18H,8-10H2. The maximum absolute atomic E-state index is 9.04. The molecule has 2 aromatic rings. The molecule has 1 aromatic carbocycles. The van der Waals surface area contributed by atoms with Crippen LogP contribution in [-0.4, -0.2) is 33.4 Å². The van der Waals surface area contributed by atoms with E-state index in [2.05, 4.69) is 9.97 Å². The number of aliphatic hydroxyl groups excluding tert-OH is 2. The first-order valence-corrected chi connectivity index (χ1v) is 5.91. The van der Waals surface area contributed by atoms with Crippen molar-refractivity contribution >= 4 is 0 Å². The first-order chi connectivity index (χ1) is 8.83. The molecule has 0 fully saturated rings. The monoisotopic (exact) mass is 244 g/mol. The molecule has 2 N–H and O–H groups in total. The second kappa shape index (κ2) is 6.23. The SMILES string of the molecule is OCC(CO)Cc1ccc(-c2ncccn2)cc1. The molecule has 0 aliphatic carbocycles. The zero-order valence-corrected chi connectivity index (χ0v) is 10.0. The van der Waals surface area contributed by atoms with Crippen LogP contribution in [0, 0.1) is 5.92 Å². The van der Waals surface area contributed by atoms with Crippen molar-refractivity contribution in [2.75, 3.05) is 13.2 Å². The van der Waals surface area contributed by atoms with E-state index in [-0.39, 0.29) is 19.1 Å². The Morgan fingerprint density at radius 3 is 2.11 bits per heavy atom. The number of hydrogen-bond acceptors (Lipinski definition) is 4. The Bertz CT molecular complexity index is 467. The number of rotatable bonds is 5. The normalized spacial score (nSPS) is 10.8. The Balaban J connectivity index is 2.11. The lowest BCUT2D eigenvalue weighted by atomic mass is 10.00. The van der Waals surface area contributed by atoms with E-state index in [1.54, 1.807) is 18.5 Å². The van der Waals surface area contributed by atoms with Crippen molar-refractivity contribution in [1.29, 1.82) is 0 Å². The summed E-state index contributed by atoms with van der Waals surface area (Å²) in [5, 5.41) is 18.1. The Morgan fingerprint density at radius 1 is 0.944 bits per heavy atom. The highest BCUT2D eigenvalue weighted by Gasteiger charge is 2.07. The van der Waals surface area contributed by atoms with Gasteiger partial charge in [-0.05, 0) is 18.1 Å². The fraction of sp³-hybridized carbons (Fsp3) is 0.286. The van der Waals surface area contributed by atoms with Gasteiger partial charge in [0, 0.05) is 37.1 Å². The predicted molar refractivity (Wildman–Crippen MR) is 68.8 cm³/mol. The molecule has 0 saturated carbocycles. The van der Waals surface area contributed by atoms with Crippen molar-refractivity contribution in [2.24, 2.45) is 5.92 Å². The molecule has 0 radical (unpaired) electrons. The fourth-order valence-electron chi connectivity index (χ4n) is 1.76. The molecule has 18 heavy (non-hydrogen) atoms. The van der Waals surface area contributed by atoms with Crippen LogP contribution in [0.25, 0.3) is 11.4 Å². The van der Waals surface area contributed by atoms with Crippen molar-refractivity contribution in [2.45, 2.75) is 6.42 Å². The third-order valence-electron chi connectivity index (χ3n) is 2.82. The summed E-state index contributed by atoms with van der Waals surface area (Å²) >= 11 is 0. The maximum atomic E-state index is 9.04. The van der Waals surface area contributed by atoms with Gasteiger partial charge in [0.15, 0.2) is 5.82 Å². The molecule has 0 spiro atoms. The molecule has 1 aromatic heterocycles. The number of hydrogen-bond donors (Lipinski definition) is 2. The predicted octanol–water partition coefficient (Wildman–Crippen LogP) is 1.29. The molecule has 2 rings (SSSR count). The Morgan fingerprint density at radius 2 is 1.56 bits per heavy atom. The van der Waals surface area contributed by atoms with Crippen molar-refractivity contribution in [1.82, 2.24) is 9.97 Å². The van der Waals surface area contributed by atoms with Crippen LogP contribution in [0.5, 0.6) is 0 Å². The average Bonchev–Trinajstić information content (AvgIpc) is 2.46. The molecule has 0 amide bonds. The van der Waals surface area contributed by atoms with Crippen LogP contribution in [0.3, 0.4) is 0 Å². The molecule has 0 aliphatic rings. The summed E-state index contributed by atoms with van der Waals surface area (Å²) in [5.74, 6) is 0.605. The molecule has 1 heterocycles. The van der Waals surface area contributed by atoms with Crippen LogP contribution in [-0.2, 0) is 6.42 Å². The van der Waals surface area contributed by atoms with E-state index in [0.717, 1.165) is 11.1 Å². The molecule has 0 bridgehead atoms. The van der Waals surface area contributed by atoms with Gasteiger partial charge in [-0.15, -0.1) is 0 Å².